The molecule has 1 atom stereocenters. The van der Waals surface area contributed by atoms with E-state index in [0.29, 0.717) is 11.7 Å². The van der Waals surface area contributed by atoms with E-state index in [1.807, 2.05) is 6.07 Å². The van der Waals surface area contributed by atoms with Crippen LogP contribution in [0, 0.1) is 5.92 Å². The third kappa shape index (κ3) is 2.64. The van der Waals surface area contributed by atoms with Crippen LogP contribution < -0.4 is 0 Å². The monoisotopic (exact) mass is 272 g/mol. The van der Waals surface area contributed by atoms with Crippen LogP contribution in [0.1, 0.15) is 50.4 Å². The topological polar surface area (TPSA) is 33.4 Å². The summed E-state index contributed by atoms with van der Waals surface area (Å²) < 4.78 is 6.21. The molecule has 0 bridgehead atoms. The van der Waals surface area contributed by atoms with E-state index in [1.54, 1.807) is 6.26 Å². The highest BCUT2D eigenvalue weighted by Crippen LogP contribution is 2.36. The molecule has 0 saturated heterocycles. The lowest BCUT2D eigenvalue weighted by molar-refractivity contribution is 0.0767. The summed E-state index contributed by atoms with van der Waals surface area (Å²) in [5.74, 6) is 1.07. The van der Waals surface area contributed by atoms with Gasteiger partial charge in [-0.3, -0.25) is 0 Å². The Morgan fingerprint density at radius 2 is 1.93 bits per heavy atom. The van der Waals surface area contributed by atoms with Gasteiger partial charge >= 0.3 is 0 Å². The molecule has 1 heterocycles. The molecule has 0 aliphatic heterocycles. The molecular formula is C12H17BrO2. The predicted octanol–water partition coefficient (Wildman–Crippen LogP) is 4.05. The van der Waals surface area contributed by atoms with E-state index in [0.717, 1.165) is 17.3 Å². The number of rotatable bonds is 2. The van der Waals surface area contributed by atoms with Crippen LogP contribution >= 0.6 is 15.9 Å². The fourth-order valence-corrected chi connectivity index (χ4v) is 2.79. The van der Waals surface area contributed by atoms with Crippen molar-refractivity contribution >= 4 is 15.9 Å². The van der Waals surface area contributed by atoms with Crippen LogP contribution in [0.4, 0.5) is 0 Å². The standard InChI is InChI=1S/C12H17BrO2/c13-10-7-8-15-12(10)11(14)9-5-3-1-2-4-6-9/h7-9,11,14H,1-6H2. The largest absolute Gasteiger partial charge is 0.465 e. The van der Waals surface area contributed by atoms with Gasteiger partial charge in [0.1, 0.15) is 11.9 Å². The van der Waals surface area contributed by atoms with Crippen molar-refractivity contribution in [2.24, 2.45) is 5.92 Å². The number of hydrogen-bond acceptors (Lipinski definition) is 2. The maximum Gasteiger partial charge on any atom is 0.146 e. The minimum atomic E-state index is -0.438. The highest BCUT2D eigenvalue weighted by atomic mass is 79.9. The van der Waals surface area contributed by atoms with E-state index < -0.39 is 6.10 Å². The van der Waals surface area contributed by atoms with Crippen LogP contribution in [0.15, 0.2) is 21.2 Å². The molecule has 2 rings (SSSR count). The van der Waals surface area contributed by atoms with Crippen molar-refractivity contribution in [3.63, 3.8) is 0 Å². The van der Waals surface area contributed by atoms with Gasteiger partial charge in [0.15, 0.2) is 0 Å². The quantitative estimate of drug-likeness (QED) is 0.825. The number of halogens is 1. The molecule has 0 amide bonds. The molecule has 0 aromatic carbocycles. The minimum Gasteiger partial charge on any atom is -0.465 e. The van der Waals surface area contributed by atoms with Gasteiger partial charge in [-0.25, -0.2) is 0 Å². The lowest BCUT2D eigenvalue weighted by Gasteiger charge is -2.19. The van der Waals surface area contributed by atoms with Gasteiger partial charge in [-0.15, -0.1) is 0 Å². The maximum atomic E-state index is 10.2. The van der Waals surface area contributed by atoms with E-state index in [9.17, 15) is 5.11 Å². The van der Waals surface area contributed by atoms with Crippen LogP contribution in [0.2, 0.25) is 0 Å². The van der Waals surface area contributed by atoms with Gasteiger partial charge in [-0.2, -0.15) is 0 Å². The average Bonchev–Trinajstić information content (AvgIpc) is 2.53. The fraction of sp³-hybridized carbons (Fsp3) is 0.667. The number of aliphatic hydroxyl groups excluding tert-OH is 1. The summed E-state index contributed by atoms with van der Waals surface area (Å²) in [6.07, 6.45) is 8.51. The highest BCUT2D eigenvalue weighted by molar-refractivity contribution is 9.10. The second kappa shape index (κ2) is 5.17. The van der Waals surface area contributed by atoms with Gasteiger partial charge in [-0.05, 0) is 40.8 Å². The summed E-state index contributed by atoms with van der Waals surface area (Å²) >= 11 is 3.40. The van der Waals surface area contributed by atoms with Crippen molar-refractivity contribution in [1.29, 1.82) is 0 Å². The first kappa shape index (κ1) is 11.2. The van der Waals surface area contributed by atoms with Gasteiger partial charge in [0, 0.05) is 0 Å². The van der Waals surface area contributed by atoms with Gasteiger partial charge in [-0.1, -0.05) is 25.7 Å². The van der Waals surface area contributed by atoms with Gasteiger partial charge in [0.25, 0.3) is 0 Å². The van der Waals surface area contributed by atoms with Crippen molar-refractivity contribution in [2.75, 3.05) is 0 Å². The van der Waals surface area contributed by atoms with E-state index in [1.165, 1.54) is 25.7 Å². The first-order chi connectivity index (χ1) is 7.29. The summed E-state index contributed by atoms with van der Waals surface area (Å²) in [6, 6.07) is 1.84. The van der Waals surface area contributed by atoms with Crippen molar-refractivity contribution in [3.05, 3.63) is 22.6 Å². The third-order valence-corrected chi connectivity index (χ3v) is 3.91. The second-order valence-corrected chi connectivity index (χ2v) is 5.18. The van der Waals surface area contributed by atoms with Gasteiger partial charge < -0.3 is 9.52 Å². The molecular weight excluding hydrogens is 256 g/mol. The maximum absolute atomic E-state index is 10.2. The molecule has 1 aliphatic carbocycles. The first-order valence-corrected chi connectivity index (χ1v) is 6.49. The lowest BCUT2D eigenvalue weighted by Crippen LogP contribution is -2.11. The summed E-state index contributed by atoms with van der Waals surface area (Å²) in [7, 11) is 0. The van der Waals surface area contributed by atoms with Gasteiger partial charge in [0.2, 0.25) is 0 Å². The van der Waals surface area contributed by atoms with Crippen molar-refractivity contribution < 1.29 is 9.52 Å². The van der Waals surface area contributed by atoms with Crippen LogP contribution in [-0.4, -0.2) is 5.11 Å². The fourth-order valence-electron chi connectivity index (χ4n) is 2.36. The lowest BCUT2D eigenvalue weighted by atomic mass is 9.92. The Morgan fingerprint density at radius 1 is 1.27 bits per heavy atom. The van der Waals surface area contributed by atoms with Crippen molar-refractivity contribution in [2.45, 2.75) is 44.6 Å². The molecule has 3 heteroatoms. The smallest absolute Gasteiger partial charge is 0.146 e. The molecule has 1 aromatic rings. The van der Waals surface area contributed by atoms with Crippen molar-refractivity contribution in [1.82, 2.24) is 0 Å². The molecule has 1 unspecified atom stereocenters. The predicted molar refractivity (Wildman–Crippen MR) is 62.6 cm³/mol. The van der Waals surface area contributed by atoms with Gasteiger partial charge in [0.05, 0.1) is 10.7 Å². The SMILES string of the molecule is OC(c1occc1Br)C1CCCCCC1. The van der Waals surface area contributed by atoms with Crippen LogP contribution in [-0.2, 0) is 0 Å². The Hall–Kier alpha value is -0.280. The highest BCUT2D eigenvalue weighted by Gasteiger charge is 2.25. The van der Waals surface area contributed by atoms with E-state index >= 15 is 0 Å². The average molecular weight is 273 g/mol. The Balaban J connectivity index is 2.06. The molecule has 1 N–H and O–H groups in total. The molecule has 84 valence electrons. The number of furan rings is 1. The molecule has 15 heavy (non-hydrogen) atoms. The zero-order valence-corrected chi connectivity index (χ0v) is 10.4. The molecule has 2 nitrogen and oxygen atoms in total. The summed E-state index contributed by atoms with van der Waals surface area (Å²) in [5, 5.41) is 10.2. The van der Waals surface area contributed by atoms with Crippen molar-refractivity contribution in [3.8, 4) is 0 Å². The molecule has 0 radical (unpaired) electrons. The van der Waals surface area contributed by atoms with Crippen LogP contribution in [0.5, 0.6) is 0 Å². The molecule has 0 spiro atoms. The zero-order chi connectivity index (χ0) is 10.7. The minimum absolute atomic E-state index is 0.370. The molecule has 1 saturated carbocycles. The Kier molecular flexibility index (Phi) is 3.87. The summed E-state index contributed by atoms with van der Waals surface area (Å²) in [6.45, 7) is 0. The second-order valence-electron chi connectivity index (χ2n) is 4.33. The third-order valence-electron chi connectivity index (χ3n) is 3.26. The van der Waals surface area contributed by atoms with E-state index in [2.05, 4.69) is 15.9 Å². The summed E-state index contributed by atoms with van der Waals surface area (Å²) in [4.78, 5) is 0. The molecule has 1 fully saturated rings. The van der Waals surface area contributed by atoms with E-state index in [4.69, 9.17) is 4.42 Å². The zero-order valence-electron chi connectivity index (χ0n) is 8.79. The normalized spacial score (nSPS) is 21.2. The molecule has 1 aromatic heterocycles. The van der Waals surface area contributed by atoms with E-state index in [-0.39, 0.29) is 0 Å². The Bertz CT molecular complexity index is 300. The Labute approximate surface area is 98.8 Å². The summed E-state index contributed by atoms with van der Waals surface area (Å²) in [5.41, 5.74) is 0. The first-order valence-electron chi connectivity index (χ1n) is 5.70. The Morgan fingerprint density at radius 3 is 2.47 bits per heavy atom. The number of aliphatic hydroxyl groups is 1. The molecule has 1 aliphatic rings. The number of hydrogen-bond donors (Lipinski definition) is 1. The van der Waals surface area contributed by atoms with Crippen LogP contribution in [0.25, 0.3) is 0 Å². The van der Waals surface area contributed by atoms with Crippen LogP contribution in [0.3, 0.4) is 0 Å².